The van der Waals surface area contributed by atoms with Gasteiger partial charge in [-0.25, -0.2) is 5.43 Å². The molecule has 3 aromatic carbocycles. The van der Waals surface area contributed by atoms with Gasteiger partial charge in [-0.2, -0.15) is 5.10 Å². The van der Waals surface area contributed by atoms with E-state index in [1.54, 1.807) is 30.3 Å². The summed E-state index contributed by atoms with van der Waals surface area (Å²) in [6.07, 6.45) is 1.23. The number of carbonyl (C=O) groups is 1. The van der Waals surface area contributed by atoms with Crippen molar-refractivity contribution in [1.29, 1.82) is 0 Å². The molecule has 8 nitrogen and oxygen atoms in total. The van der Waals surface area contributed by atoms with Crippen molar-refractivity contribution in [2.24, 2.45) is 5.10 Å². The molecule has 0 aromatic heterocycles. The highest BCUT2D eigenvalue weighted by atomic mass is 35.5. The van der Waals surface area contributed by atoms with Crippen LogP contribution in [0, 0.1) is 10.1 Å². The summed E-state index contributed by atoms with van der Waals surface area (Å²) in [6, 6.07) is 17.6. The number of carbonyl (C=O) groups excluding carboxylic acids is 1. The first kappa shape index (κ1) is 20.8. The van der Waals surface area contributed by atoms with Gasteiger partial charge in [0.15, 0.2) is 5.75 Å². The van der Waals surface area contributed by atoms with E-state index >= 15 is 0 Å². The topological polar surface area (TPSA) is 114 Å². The number of ether oxygens (including phenoxy) is 1. The molecule has 0 saturated carbocycles. The average Bonchev–Trinajstić information content (AvgIpc) is 2.74. The second-order valence-electron chi connectivity index (χ2n) is 6.08. The van der Waals surface area contributed by atoms with E-state index in [1.807, 2.05) is 18.2 Å². The minimum atomic E-state index is -0.710. The highest BCUT2D eigenvalue weighted by Crippen LogP contribution is 2.25. The average molecular weight is 426 g/mol. The highest BCUT2D eigenvalue weighted by Gasteiger charge is 2.14. The van der Waals surface area contributed by atoms with Crippen molar-refractivity contribution < 1.29 is 19.6 Å². The standard InChI is InChI=1S/C21H16ClN3O5/c22-17-7-3-1-5-15(17)13-30-20-8-4-2-6-16(20)21(27)24-23-12-14-9-10-19(26)18(11-14)25(28)29/h1-12,26H,13H2,(H,24,27)/b23-12+. The lowest BCUT2D eigenvalue weighted by atomic mass is 10.2. The number of amides is 1. The number of para-hydroxylation sites is 1. The molecule has 0 spiro atoms. The zero-order chi connectivity index (χ0) is 21.5. The van der Waals surface area contributed by atoms with Crippen molar-refractivity contribution in [3.63, 3.8) is 0 Å². The molecule has 0 bridgehead atoms. The molecule has 0 aliphatic heterocycles. The minimum Gasteiger partial charge on any atom is -0.502 e. The predicted molar refractivity (Wildman–Crippen MR) is 112 cm³/mol. The Morgan fingerprint density at radius 3 is 2.67 bits per heavy atom. The summed E-state index contributed by atoms with van der Waals surface area (Å²) in [5, 5.41) is 24.7. The molecule has 0 aliphatic rings. The van der Waals surface area contributed by atoms with Gasteiger partial charge >= 0.3 is 5.69 Å². The fraction of sp³-hybridized carbons (Fsp3) is 0.0476. The Balaban J connectivity index is 1.69. The van der Waals surface area contributed by atoms with Crippen LogP contribution in [-0.2, 0) is 6.61 Å². The summed E-state index contributed by atoms with van der Waals surface area (Å²) in [6.45, 7) is 0.185. The second kappa shape index (κ2) is 9.53. The predicted octanol–water partition coefficient (Wildman–Crippen LogP) is 4.30. The second-order valence-corrected chi connectivity index (χ2v) is 6.49. The number of halogens is 1. The van der Waals surface area contributed by atoms with Crippen LogP contribution in [0.2, 0.25) is 5.02 Å². The van der Waals surface area contributed by atoms with Crippen LogP contribution in [0.5, 0.6) is 11.5 Å². The van der Waals surface area contributed by atoms with Crippen LogP contribution in [0.15, 0.2) is 71.8 Å². The van der Waals surface area contributed by atoms with E-state index in [2.05, 4.69) is 10.5 Å². The van der Waals surface area contributed by atoms with Gasteiger partial charge in [0.05, 0.1) is 16.7 Å². The largest absolute Gasteiger partial charge is 0.502 e. The molecule has 0 saturated heterocycles. The zero-order valence-corrected chi connectivity index (χ0v) is 16.2. The quantitative estimate of drug-likeness (QED) is 0.333. The number of nitrogens with zero attached hydrogens (tertiary/aromatic N) is 2. The van der Waals surface area contributed by atoms with Gasteiger partial charge in [0, 0.05) is 22.2 Å². The highest BCUT2D eigenvalue weighted by molar-refractivity contribution is 6.31. The minimum absolute atomic E-state index is 0.185. The molecule has 0 atom stereocenters. The number of nitro benzene ring substituents is 1. The van der Waals surface area contributed by atoms with Gasteiger partial charge < -0.3 is 9.84 Å². The van der Waals surface area contributed by atoms with Crippen LogP contribution in [0.25, 0.3) is 0 Å². The molecular formula is C21H16ClN3O5. The smallest absolute Gasteiger partial charge is 0.311 e. The lowest BCUT2D eigenvalue weighted by molar-refractivity contribution is -0.385. The number of phenols is 1. The van der Waals surface area contributed by atoms with Gasteiger partial charge in [-0.3, -0.25) is 14.9 Å². The van der Waals surface area contributed by atoms with Crippen molar-refractivity contribution in [1.82, 2.24) is 5.43 Å². The molecule has 0 unspecified atom stereocenters. The summed E-state index contributed by atoms with van der Waals surface area (Å²) < 4.78 is 5.75. The van der Waals surface area contributed by atoms with Gasteiger partial charge in [-0.05, 0) is 30.3 Å². The SMILES string of the molecule is O=C(N/N=C/c1ccc(O)c([N+](=O)[O-])c1)c1ccccc1OCc1ccccc1Cl. The van der Waals surface area contributed by atoms with Crippen molar-refractivity contribution in [2.75, 3.05) is 0 Å². The molecule has 9 heteroatoms. The van der Waals surface area contributed by atoms with Gasteiger partial charge in [-0.1, -0.05) is 41.9 Å². The number of benzene rings is 3. The van der Waals surface area contributed by atoms with Gasteiger partial charge in [0.2, 0.25) is 0 Å². The van der Waals surface area contributed by atoms with Crippen LogP contribution < -0.4 is 10.2 Å². The Kier molecular flexibility index (Phi) is 6.61. The van der Waals surface area contributed by atoms with Crippen LogP contribution in [0.1, 0.15) is 21.5 Å². The first-order chi connectivity index (χ1) is 14.5. The normalized spacial score (nSPS) is 10.7. The third-order valence-electron chi connectivity index (χ3n) is 4.05. The number of phenolic OH excluding ortho intramolecular Hbond substituents is 1. The van der Waals surface area contributed by atoms with E-state index < -0.39 is 22.3 Å². The van der Waals surface area contributed by atoms with Gasteiger partial charge in [0.1, 0.15) is 12.4 Å². The van der Waals surface area contributed by atoms with E-state index in [0.717, 1.165) is 11.6 Å². The van der Waals surface area contributed by atoms with Gasteiger partial charge in [-0.15, -0.1) is 0 Å². The van der Waals surface area contributed by atoms with E-state index in [4.69, 9.17) is 16.3 Å². The monoisotopic (exact) mass is 425 g/mol. The lowest BCUT2D eigenvalue weighted by Gasteiger charge is -2.11. The lowest BCUT2D eigenvalue weighted by Crippen LogP contribution is -2.18. The molecule has 0 radical (unpaired) electrons. The Morgan fingerprint density at radius 1 is 1.17 bits per heavy atom. The van der Waals surface area contributed by atoms with Crippen LogP contribution in [-0.4, -0.2) is 22.2 Å². The van der Waals surface area contributed by atoms with Crippen molar-refractivity contribution in [3.05, 3.63) is 98.6 Å². The molecule has 152 valence electrons. The van der Waals surface area contributed by atoms with Crippen molar-refractivity contribution >= 4 is 29.4 Å². The van der Waals surface area contributed by atoms with Crippen LogP contribution in [0.3, 0.4) is 0 Å². The van der Waals surface area contributed by atoms with Crippen LogP contribution >= 0.6 is 11.6 Å². The maximum Gasteiger partial charge on any atom is 0.311 e. The van der Waals surface area contributed by atoms with Crippen molar-refractivity contribution in [2.45, 2.75) is 6.61 Å². The number of aromatic hydroxyl groups is 1. The number of hydrogen-bond donors (Lipinski definition) is 2. The Hall–Kier alpha value is -3.91. The summed E-state index contributed by atoms with van der Waals surface area (Å²) >= 11 is 6.12. The molecule has 0 heterocycles. The van der Waals surface area contributed by atoms with Crippen molar-refractivity contribution in [3.8, 4) is 11.5 Å². The maximum absolute atomic E-state index is 12.5. The molecule has 3 aromatic rings. The number of hydrazone groups is 1. The zero-order valence-electron chi connectivity index (χ0n) is 15.5. The molecule has 0 aliphatic carbocycles. The number of nitro groups is 1. The maximum atomic E-state index is 12.5. The fourth-order valence-electron chi connectivity index (χ4n) is 2.54. The number of rotatable bonds is 7. The number of hydrogen-bond acceptors (Lipinski definition) is 6. The molecule has 0 fully saturated rings. The summed E-state index contributed by atoms with van der Waals surface area (Å²) in [5.74, 6) is -0.620. The molecule has 3 rings (SSSR count). The summed E-state index contributed by atoms with van der Waals surface area (Å²) in [5.41, 5.74) is 3.28. The Bertz CT molecular complexity index is 1120. The summed E-state index contributed by atoms with van der Waals surface area (Å²) in [7, 11) is 0. The Labute approximate surface area is 176 Å². The molecule has 2 N–H and O–H groups in total. The van der Waals surface area contributed by atoms with Crippen LogP contribution in [0.4, 0.5) is 5.69 Å². The number of nitrogens with one attached hydrogen (secondary N) is 1. The van der Waals surface area contributed by atoms with E-state index in [1.165, 1.54) is 18.3 Å². The third kappa shape index (κ3) is 5.12. The fourth-order valence-corrected chi connectivity index (χ4v) is 2.73. The van der Waals surface area contributed by atoms with E-state index in [9.17, 15) is 20.0 Å². The summed E-state index contributed by atoms with van der Waals surface area (Å²) in [4.78, 5) is 22.6. The molecular weight excluding hydrogens is 410 g/mol. The first-order valence-electron chi connectivity index (χ1n) is 8.72. The van der Waals surface area contributed by atoms with E-state index in [-0.39, 0.29) is 12.2 Å². The first-order valence-corrected chi connectivity index (χ1v) is 9.09. The molecule has 1 amide bonds. The third-order valence-corrected chi connectivity index (χ3v) is 4.42. The molecule has 30 heavy (non-hydrogen) atoms. The Morgan fingerprint density at radius 2 is 1.90 bits per heavy atom. The van der Waals surface area contributed by atoms with Gasteiger partial charge in [0.25, 0.3) is 5.91 Å². The van der Waals surface area contributed by atoms with E-state index in [0.29, 0.717) is 16.3 Å².